The Kier molecular flexibility index (Phi) is 5.16. The fraction of sp³-hybridized carbons (Fsp3) is 0.333. The van der Waals surface area contributed by atoms with Crippen LogP contribution < -0.4 is 0 Å². The molecule has 0 radical (unpaired) electrons. The minimum absolute atomic E-state index is 0.0339. The summed E-state index contributed by atoms with van der Waals surface area (Å²) in [5.74, 6) is 1.24. The van der Waals surface area contributed by atoms with Crippen LogP contribution >= 0.6 is 0 Å². The molecular weight excluding hydrogens is 354 g/mol. The number of aryl methyl sites for hydroxylation is 2. The van der Waals surface area contributed by atoms with Crippen LogP contribution in [0.3, 0.4) is 0 Å². The predicted octanol–water partition coefficient (Wildman–Crippen LogP) is 2.71. The molecule has 2 aromatic heterocycles. The third kappa shape index (κ3) is 4.09. The lowest BCUT2D eigenvalue weighted by Gasteiger charge is -2.33. The zero-order valence-electron chi connectivity index (χ0n) is 16.1. The van der Waals surface area contributed by atoms with Crippen molar-refractivity contribution in [2.24, 2.45) is 0 Å². The number of rotatable bonds is 4. The van der Waals surface area contributed by atoms with Gasteiger partial charge in [-0.3, -0.25) is 14.7 Å². The van der Waals surface area contributed by atoms with Crippen molar-refractivity contribution >= 4 is 5.91 Å². The molecule has 0 unspecified atom stereocenters. The molecule has 0 aliphatic carbocycles. The Labute approximate surface area is 164 Å². The average molecular weight is 377 g/mol. The van der Waals surface area contributed by atoms with Crippen molar-refractivity contribution < 1.29 is 9.32 Å². The molecule has 3 aromatic rings. The van der Waals surface area contributed by atoms with E-state index in [2.05, 4.69) is 20.0 Å². The summed E-state index contributed by atoms with van der Waals surface area (Å²) in [5.41, 5.74) is 3.69. The summed E-state index contributed by atoms with van der Waals surface area (Å²) in [6, 6.07) is 11.8. The second kappa shape index (κ2) is 7.90. The van der Waals surface area contributed by atoms with E-state index in [0.717, 1.165) is 24.3 Å². The summed E-state index contributed by atoms with van der Waals surface area (Å²) in [4.78, 5) is 25.4. The van der Waals surface area contributed by atoms with Gasteiger partial charge >= 0.3 is 0 Å². The SMILES string of the molecule is Cc1ccc(-c2noc(CN3CCN(C(=O)c4ccc(C)nc4)CC3)n2)cc1. The van der Waals surface area contributed by atoms with Crippen molar-refractivity contribution in [1.29, 1.82) is 0 Å². The van der Waals surface area contributed by atoms with Gasteiger partial charge in [-0.1, -0.05) is 35.0 Å². The molecule has 144 valence electrons. The highest BCUT2D eigenvalue weighted by atomic mass is 16.5. The fourth-order valence-corrected chi connectivity index (χ4v) is 3.22. The zero-order valence-corrected chi connectivity index (χ0v) is 16.1. The molecular formula is C21H23N5O2. The van der Waals surface area contributed by atoms with Crippen molar-refractivity contribution in [3.05, 3.63) is 65.3 Å². The normalized spacial score (nSPS) is 15.0. The van der Waals surface area contributed by atoms with E-state index in [4.69, 9.17) is 4.52 Å². The van der Waals surface area contributed by atoms with E-state index < -0.39 is 0 Å². The number of hydrogen-bond donors (Lipinski definition) is 0. The number of carbonyl (C=O) groups excluding carboxylic acids is 1. The topological polar surface area (TPSA) is 75.4 Å². The van der Waals surface area contributed by atoms with E-state index >= 15 is 0 Å². The van der Waals surface area contributed by atoms with Crippen molar-refractivity contribution in [2.45, 2.75) is 20.4 Å². The molecule has 7 heteroatoms. The summed E-state index contributed by atoms with van der Waals surface area (Å²) in [7, 11) is 0. The third-order valence-electron chi connectivity index (χ3n) is 4.95. The standard InChI is InChI=1S/C21H23N5O2/c1-15-3-6-17(7-4-15)20-23-19(28-24-20)14-25-9-11-26(12-10-25)21(27)18-8-5-16(2)22-13-18/h3-8,13H,9-12,14H2,1-2H3. The minimum atomic E-state index is 0.0339. The highest BCUT2D eigenvalue weighted by molar-refractivity contribution is 5.94. The number of nitrogens with zero attached hydrogens (tertiary/aromatic N) is 5. The van der Waals surface area contributed by atoms with Gasteiger partial charge in [-0.25, -0.2) is 0 Å². The number of piperazine rings is 1. The molecule has 1 aromatic carbocycles. The summed E-state index contributed by atoms with van der Waals surface area (Å²) in [5, 5.41) is 4.09. The van der Waals surface area contributed by atoms with Crippen LogP contribution in [-0.2, 0) is 6.54 Å². The van der Waals surface area contributed by atoms with Gasteiger partial charge in [0.25, 0.3) is 5.91 Å². The molecule has 1 amide bonds. The molecule has 1 fully saturated rings. The second-order valence-corrected chi connectivity index (χ2v) is 7.13. The number of aromatic nitrogens is 3. The van der Waals surface area contributed by atoms with Crippen LogP contribution in [0.15, 0.2) is 47.1 Å². The van der Waals surface area contributed by atoms with Gasteiger partial charge in [0.15, 0.2) is 0 Å². The van der Waals surface area contributed by atoms with E-state index in [1.165, 1.54) is 5.56 Å². The average Bonchev–Trinajstić information content (AvgIpc) is 3.18. The van der Waals surface area contributed by atoms with Crippen LogP contribution in [0, 0.1) is 13.8 Å². The van der Waals surface area contributed by atoms with E-state index in [9.17, 15) is 4.79 Å². The van der Waals surface area contributed by atoms with Gasteiger partial charge in [-0.2, -0.15) is 4.98 Å². The van der Waals surface area contributed by atoms with E-state index in [1.807, 2.05) is 55.1 Å². The van der Waals surface area contributed by atoms with E-state index in [-0.39, 0.29) is 5.91 Å². The molecule has 0 bridgehead atoms. The van der Waals surface area contributed by atoms with Gasteiger partial charge < -0.3 is 9.42 Å². The van der Waals surface area contributed by atoms with Gasteiger partial charge in [0.05, 0.1) is 12.1 Å². The Bertz CT molecular complexity index is 942. The minimum Gasteiger partial charge on any atom is -0.338 e. The first-order valence-corrected chi connectivity index (χ1v) is 9.42. The Balaban J connectivity index is 1.33. The second-order valence-electron chi connectivity index (χ2n) is 7.13. The summed E-state index contributed by atoms with van der Waals surface area (Å²) < 4.78 is 5.42. The van der Waals surface area contributed by atoms with Crippen molar-refractivity contribution in [3.63, 3.8) is 0 Å². The number of carbonyl (C=O) groups is 1. The number of hydrogen-bond acceptors (Lipinski definition) is 6. The monoisotopic (exact) mass is 377 g/mol. The van der Waals surface area contributed by atoms with Gasteiger partial charge in [0, 0.05) is 43.6 Å². The predicted molar refractivity (Wildman–Crippen MR) is 105 cm³/mol. The third-order valence-corrected chi connectivity index (χ3v) is 4.95. The first-order valence-electron chi connectivity index (χ1n) is 9.42. The van der Waals surface area contributed by atoms with Gasteiger partial charge in [0.1, 0.15) is 0 Å². The molecule has 7 nitrogen and oxygen atoms in total. The Morgan fingerprint density at radius 1 is 1.04 bits per heavy atom. The molecule has 4 rings (SSSR count). The Morgan fingerprint density at radius 2 is 1.79 bits per heavy atom. The molecule has 0 N–H and O–H groups in total. The molecule has 0 atom stereocenters. The number of amides is 1. The maximum absolute atomic E-state index is 12.6. The van der Waals surface area contributed by atoms with Crippen molar-refractivity contribution in [2.75, 3.05) is 26.2 Å². The highest BCUT2D eigenvalue weighted by Crippen LogP contribution is 2.17. The highest BCUT2D eigenvalue weighted by Gasteiger charge is 2.23. The molecule has 28 heavy (non-hydrogen) atoms. The Hall–Kier alpha value is -3.06. The number of pyridine rings is 1. The lowest BCUT2D eigenvalue weighted by Crippen LogP contribution is -2.48. The summed E-state index contributed by atoms with van der Waals surface area (Å²) in [6.07, 6.45) is 1.65. The van der Waals surface area contributed by atoms with Gasteiger partial charge in [-0.05, 0) is 26.0 Å². The molecule has 1 saturated heterocycles. The van der Waals surface area contributed by atoms with Crippen molar-refractivity contribution in [1.82, 2.24) is 24.9 Å². The fourth-order valence-electron chi connectivity index (χ4n) is 3.22. The maximum atomic E-state index is 12.6. The quantitative estimate of drug-likeness (QED) is 0.696. The largest absolute Gasteiger partial charge is 0.338 e. The van der Waals surface area contributed by atoms with Crippen LogP contribution in [0.5, 0.6) is 0 Å². The summed E-state index contributed by atoms with van der Waals surface area (Å²) in [6.45, 7) is 7.44. The van der Waals surface area contributed by atoms with Crippen LogP contribution in [0.1, 0.15) is 27.5 Å². The molecule has 1 aliphatic rings. The first kappa shape index (κ1) is 18.3. The lowest BCUT2D eigenvalue weighted by atomic mass is 10.1. The number of benzene rings is 1. The zero-order chi connectivity index (χ0) is 19.5. The van der Waals surface area contributed by atoms with E-state index in [0.29, 0.717) is 36.9 Å². The van der Waals surface area contributed by atoms with Gasteiger partial charge in [-0.15, -0.1) is 0 Å². The molecule has 0 spiro atoms. The first-order chi connectivity index (χ1) is 13.6. The van der Waals surface area contributed by atoms with Gasteiger partial charge in [0.2, 0.25) is 11.7 Å². The van der Waals surface area contributed by atoms with Crippen LogP contribution in [0.4, 0.5) is 0 Å². The molecule has 3 heterocycles. The summed E-state index contributed by atoms with van der Waals surface area (Å²) >= 11 is 0. The van der Waals surface area contributed by atoms with Crippen LogP contribution in [-0.4, -0.2) is 57.0 Å². The van der Waals surface area contributed by atoms with Crippen molar-refractivity contribution in [3.8, 4) is 11.4 Å². The Morgan fingerprint density at radius 3 is 2.46 bits per heavy atom. The molecule has 0 saturated carbocycles. The van der Waals surface area contributed by atoms with Crippen LogP contribution in [0.25, 0.3) is 11.4 Å². The smallest absolute Gasteiger partial charge is 0.255 e. The molecule has 1 aliphatic heterocycles. The van der Waals surface area contributed by atoms with E-state index in [1.54, 1.807) is 6.20 Å². The maximum Gasteiger partial charge on any atom is 0.255 e. The lowest BCUT2D eigenvalue weighted by molar-refractivity contribution is 0.0614. The van der Waals surface area contributed by atoms with Crippen LogP contribution in [0.2, 0.25) is 0 Å².